The molecule has 2 aliphatic rings. The largest absolute Gasteiger partial charge is 0.513 e. The van der Waals surface area contributed by atoms with Crippen molar-refractivity contribution in [3.8, 4) is 0 Å². The van der Waals surface area contributed by atoms with Crippen molar-refractivity contribution >= 4 is 0 Å². The Morgan fingerprint density at radius 2 is 2.40 bits per heavy atom. The van der Waals surface area contributed by atoms with Crippen LogP contribution in [0.15, 0.2) is 11.8 Å². The minimum Gasteiger partial charge on any atom is -0.513 e. The van der Waals surface area contributed by atoms with Gasteiger partial charge in [-0.2, -0.15) is 0 Å². The van der Waals surface area contributed by atoms with Gasteiger partial charge >= 0.3 is 0 Å². The molecule has 0 aliphatic carbocycles. The van der Waals surface area contributed by atoms with Crippen LogP contribution in [0.1, 0.15) is 19.3 Å². The molecule has 0 radical (unpaired) electrons. The summed E-state index contributed by atoms with van der Waals surface area (Å²) in [7, 11) is 0. The molecule has 2 aliphatic heterocycles. The van der Waals surface area contributed by atoms with Crippen molar-refractivity contribution in [1.29, 1.82) is 0 Å². The second-order valence-corrected chi connectivity index (χ2v) is 3.15. The smallest absolute Gasteiger partial charge is 0.0911 e. The van der Waals surface area contributed by atoms with E-state index in [1.165, 1.54) is 19.4 Å². The third kappa shape index (κ3) is 0.926. The van der Waals surface area contributed by atoms with Gasteiger partial charge in [0.05, 0.1) is 5.76 Å². The van der Waals surface area contributed by atoms with E-state index in [4.69, 9.17) is 0 Å². The molecule has 2 rings (SSSR count). The zero-order chi connectivity index (χ0) is 6.97. The molecule has 1 fully saturated rings. The molecular weight excluding hydrogens is 126 g/mol. The van der Waals surface area contributed by atoms with E-state index in [0.29, 0.717) is 11.8 Å². The lowest BCUT2D eigenvalue weighted by atomic mass is 10.1. The first kappa shape index (κ1) is 6.23. The summed E-state index contributed by atoms with van der Waals surface area (Å²) in [6, 6.07) is 0.564. The molecule has 0 aromatic rings. The summed E-state index contributed by atoms with van der Waals surface area (Å²) in [5.74, 6) is 0.600. The second kappa shape index (κ2) is 2.27. The third-order valence-corrected chi connectivity index (χ3v) is 2.45. The quantitative estimate of drug-likeness (QED) is 0.546. The Bertz CT molecular complexity index is 165. The second-order valence-electron chi connectivity index (χ2n) is 3.15. The number of rotatable bonds is 0. The molecule has 0 aromatic heterocycles. The Balaban J connectivity index is 2.13. The lowest BCUT2D eigenvalue weighted by molar-refractivity contribution is 0.241. The summed E-state index contributed by atoms with van der Waals surface area (Å²) in [6.07, 6.45) is 5.41. The maximum absolute atomic E-state index is 9.19. The Hall–Kier alpha value is -0.500. The Kier molecular flexibility index (Phi) is 1.42. The minimum absolute atomic E-state index is 0.564. The molecule has 0 aromatic carbocycles. The van der Waals surface area contributed by atoms with Gasteiger partial charge in [-0.15, -0.1) is 0 Å². The summed E-state index contributed by atoms with van der Waals surface area (Å²) in [5.41, 5.74) is 0. The molecule has 0 saturated carbocycles. The first-order valence-electron chi connectivity index (χ1n) is 4.00. The molecule has 1 N–H and O–H groups in total. The van der Waals surface area contributed by atoms with Gasteiger partial charge in [0.2, 0.25) is 0 Å². The number of aliphatic hydroxyl groups is 1. The number of hydrogen-bond acceptors (Lipinski definition) is 2. The van der Waals surface area contributed by atoms with E-state index in [0.717, 1.165) is 13.0 Å². The number of fused-ring (bicyclic) bond motifs is 1. The van der Waals surface area contributed by atoms with E-state index in [2.05, 4.69) is 4.90 Å². The van der Waals surface area contributed by atoms with E-state index >= 15 is 0 Å². The van der Waals surface area contributed by atoms with E-state index in [1.54, 1.807) is 0 Å². The van der Waals surface area contributed by atoms with Gasteiger partial charge in [-0.05, 0) is 25.5 Å². The molecule has 1 atom stereocenters. The van der Waals surface area contributed by atoms with Gasteiger partial charge in [0.15, 0.2) is 0 Å². The van der Waals surface area contributed by atoms with Gasteiger partial charge in [0, 0.05) is 19.0 Å². The van der Waals surface area contributed by atoms with Gasteiger partial charge in [0.25, 0.3) is 0 Å². The highest BCUT2D eigenvalue weighted by Crippen LogP contribution is 2.23. The fourth-order valence-corrected chi connectivity index (χ4v) is 1.88. The first-order chi connectivity index (χ1) is 4.86. The van der Waals surface area contributed by atoms with Crippen molar-refractivity contribution in [2.75, 3.05) is 13.1 Å². The summed E-state index contributed by atoms with van der Waals surface area (Å²) >= 11 is 0. The van der Waals surface area contributed by atoms with E-state index in [-0.39, 0.29) is 0 Å². The predicted octanol–water partition coefficient (Wildman–Crippen LogP) is 1.30. The first-order valence-corrected chi connectivity index (χ1v) is 4.00. The van der Waals surface area contributed by atoms with Crippen molar-refractivity contribution in [3.05, 3.63) is 11.8 Å². The monoisotopic (exact) mass is 139 g/mol. The molecule has 0 spiro atoms. The van der Waals surface area contributed by atoms with Gasteiger partial charge < -0.3 is 5.11 Å². The normalized spacial score (nSPS) is 33.6. The zero-order valence-corrected chi connectivity index (χ0v) is 6.08. The van der Waals surface area contributed by atoms with E-state index < -0.39 is 0 Å². The van der Waals surface area contributed by atoms with E-state index in [9.17, 15) is 5.11 Å². The van der Waals surface area contributed by atoms with Crippen LogP contribution in [0.2, 0.25) is 0 Å². The molecule has 0 bridgehead atoms. The lowest BCUT2D eigenvalue weighted by Crippen LogP contribution is -2.32. The van der Waals surface area contributed by atoms with Crippen LogP contribution in [-0.2, 0) is 0 Å². The highest BCUT2D eigenvalue weighted by Gasteiger charge is 2.25. The van der Waals surface area contributed by atoms with Gasteiger partial charge in [-0.1, -0.05) is 0 Å². The number of hydrogen-bond donors (Lipinski definition) is 1. The molecule has 0 amide bonds. The third-order valence-electron chi connectivity index (χ3n) is 2.45. The van der Waals surface area contributed by atoms with Crippen LogP contribution in [0.3, 0.4) is 0 Å². The molecular formula is C8H13NO. The molecule has 2 heteroatoms. The Labute approximate surface area is 61.1 Å². The van der Waals surface area contributed by atoms with Crippen LogP contribution in [0.5, 0.6) is 0 Å². The maximum Gasteiger partial charge on any atom is 0.0911 e. The van der Waals surface area contributed by atoms with Gasteiger partial charge in [-0.25, -0.2) is 0 Å². The summed E-state index contributed by atoms with van der Waals surface area (Å²) in [5, 5.41) is 9.19. The fraction of sp³-hybridized carbons (Fsp3) is 0.750. The SMILES string of the molecule is OC1=CC2CCCN2CC1. The van der Waals surface area contributed by atoms with Crippen LogP contribution in [-0.4, -0.2) is 29.1 Å². The van der Waals surface area contributed by atoms with Crippen LogP contribution in [0, 0.1) is 0 Å². The number of nitrogens with zero attached hydrogens (tertiary/aromatic N) is 1. The molecule has 2 nitrogen and oxygen atoms in total. The highest BCUT2D eigenvalue weighted by atomic mass is 16.3. The Morgan fingerprint density at radius 1 is 1.50 bits per heavy atom. The van der Waals surface area contributed by atoms with Crippen molar-refractivity contribution < 1.29 is 5.11 Å². The standard InChI is InChI=1S/C8H13NO/c10-8-3-5-9-4-1-2-7(9)6-8/h6-7,10H,1-5H2. The topological polar surface area (TPSA) is 23.5 Å². The van der Waals surface area contributed by atoms with E-state index in [1.807, 2.05) is 6.08 Å². The maximum atomic E-state index is 9.19. The average Bonchev–Trinajstić information content (AvgIpc) is 2.33. The highest BCUT2D eigenvalue weighted by molar-refractivity contribution is 5.06. The van der Waals surface area contributed by atoms with Crippen LogP contribution in [0.25, 0.3) is 0 Å². The van der Waals surface area contributed by atoms with Crippen molar-refractivity contribution in [3.63, 3.8) is 0 Å². The van der Waals surface area contributed by atoms with Gasteiger partial charge in [-0.3, -0.25) is 4.90 Å². The molecule has 56 valence electrons. The molecule has 2 heterocycles. The Morgan fingerprint density at radius 3 is 3.30 bits per heavy atom. The summed E-state index contributed by atoms with van der Waals surface area (Å²) in [4.78, 5) is 2.44. The van der Waals surface area contributed by atoms with Crippen LogP contribution < -0.4 is 0 Å². The lowest BCUT2D eigenvalue weighted by Gasteiger charge is -2.25. The summed E-state index contributed by atoms with van der Waals surface area (Å²) in [6.45, 7) is 2.29. The van der Waals surface area contributed by atoms with Gasteiger partial charge in [0.1, 0.15) is 0 Å². The molecule has 10 heavy (non-hydrogen) atoms. The minimum atomic E-state index is 0.564. The van der Waals surface area contributed by atoms with Crippen molar-refractivity contribution in [2.24, 2.45) is 0 Å². The van der Waals surface area contributed by atoms with Crippen molar-refractivity contribution in [2.45, 2.75) is 25.3 Å². The molecule has 1 unspecified atom stereocenters. The van der Waals surface area contributed by atoms with Crippen molar-refractivity contribution in [1.82, 2.24) is 4.90 Å². The molecule has 1 saturated heterocycles. The number of aliphatic hydroxyl groups excluding tert-OH is 1. The van der Waals surface area contributed by atoms with Crippen LogP contribution >= 0.6 is 0 Å². The predicted molar refractivity (Wildman–Crippen MR) is 39.9 cm³/mol. The average molecular weight is 139 g/mol. The zero-order valence-electron chi connectivity index (χ0n) is 6.08. The summed E-state index contributed by atoms with van der Waals surface area (Å²) < 4.78 is 0. The van der Waals surface area contributed by atoms with Crippen LogP contribution in [0.4, 0.5) is 0 Å². The fourth-order valence-electron chi connectivity index (χ4n) is 1.88.